The molecule has 9 nitrogen and oxygen atoms in total. The fourth-order valence-corrected chi connectivity index (χ4v) is 2.08. The Morgan fingerprint density at radius 1 is 1.00 bits per heavy atom. The summed E-state index contributed by atoms with van der Waals surface area (Å²) >= 11 is 0. The lowest BCUT2D eigenvalue weighted by Crippen LogP contribution is -2.47. The third-order valence-electron chi connectivity index (χ3n) is 3.46. The van der Waals surface area contributed by atoms with Gasteiger partial charge in [-0.25, -0.2) is 14.4 Å². The molecular weight excluding hydrogens is 354 g/mol. The van der Waals surface area contributed by atoms with E-state index in [1.807, 2.05) is 12.1 Å². The van der Waals surface area contributed by atoms with E-state index in [-0.39, 0.29) is 13.2 Å². The standard InChI is InChI=1S/C18H19N3O6/c22-17(23)16(19-18(24)26-12-14-7-3-1-4-8-14)11-21(20-25)27-13-15-9-5-2-6-10-15/h1-10,16H,11-13H2,(H,19,24)(H,22,23)/t16-/m1/s1. The van der Waals surface area contributed by atoms with Crippen LogP contribution in [0.2, 0.25) is 0 Å². The fourth-order valence-electron chi connectivity index (χ4n) is 2.08. The van der Waals surface area contributed by atoms with Crippen molar-refractivity contribution in [2.75, 3.05) is 6.54 Å². The van der Waals surface area contributed by atoms with E-state index in [4.69, 9.17) is 9.57 Å². The molecule has 9 heteroatoms. The van der Waals surface area contributed by atoms with Crippen molar-refractivity contribution in [1.82, 2.24) is 10.5 Å². The average molecular weight is 373 g/mol. The minimum absolute atomic E-state index is 0.0147. The van der Waals surface area contributed by atoms with Gasteiger partial charge in [-0.1, -0.05) is 60.7 Å². The lowest BCUT2D eigenvalue weighted by atomic mass is 10.2. The summed E-state index contributed by atoms with van der Waals surface area (Å²) in [5.41, 5.74) is 1.52. The van der Waals surface area contributed by atoms with Gasteiger partial charge in [-0.2, -0.15) is 0 Å². The summed E-state index contributed by atoms with van der Waals surface area (Å²) < 4.78 is 4.97. The number of amides is 1. The molecule has 0 unspecified atom stereocenters. The Labute approximate surface area is 155 Å². The predicted molar refractivity (Wildman–Crippen MR) is 94.9 cm³/mol. The van der Waals surface area contributed by atoms with Gasteiger partial charge in [0.1, 0.15) is 13.2 Å². The van der Waals surface area contributed by atoms with Crippen molar-refractivity contribution in [3.8, 4) is 0 Å². The average Bonchev–Trinajstić information content (AvgIpc) is 2.70. The van der Waals surface area contributed by atoms with Crippen LogP contribution in [0, 0.1) is 4.91 Å². The second kappa shape index (κ2) is 10.5. The van der Waals surface area contributed by atoms with E-state index in [2.05, 4.69) is 10.6 Å². The molecule has 0 saturated heterocycles. The van der Waals surface area contributed by atoms with Crippen LogP contribution in [-0.2, 0) is 27.6 Å². The molecule has 0 aliphatic carbocycles. The number of aliphatic carboxylic acids is 1. The summed E-state index contributed by atoms with van der Waals surface area (Å²) in [6.07, 6.45) is -0.930. The van der Waals surface area contributed by atoms with Crippen molar-refractivity contribution in [1.29, 1.82) is 0 Å². The number of nitroso groups, excluding NO2 is 1. The van der Waals surface area contributed by atoms with Gasteiger partial charge in [-0.05, 0) is 11.1 Å². The second-order valence-electron chi connectivity index (χ2n) is 5.47. The number of hydroxylamine groups is 1. The van der Waals surface area contributed by atoms with Gasteiger partial charge in [0, 0.05) is 0 Å². The van der Waals surface area contributed by atoms with Crippen molar-refractivity contribution in [2.45, 2.75) is 19.3 Å². The lowest BCUT2D eigenvalue weighted by molar-refractivity contribution is -0.179. The molecule has 0 saturated carbocycles. The third kappa shape index (κ3) is 7.12. The molecule has 1 atom stereocenters. The summed E-state index contributed by atoms with van der Waals surface area (Å²) in [4.78, 5) is 39.2. The van der Waals surface area contributed by atoms with Crippen molar-refractivity contribution in [3.63, 3.8) is 0 Å². The molecule has 2 N–H and O–H groups in total. The van der Waals surface area contributed by atoms with Gasteiger partial charge in [0.15, 0.2) is 6.04 Å². The van der Waals surface area contributed by atoms with Crippen LogP contribution in [0.1, 0.15) is 11.1 Å². The van der Waals surface area contributed by atoms with Gasteiger partial charge in [-0.15, -0.1) is 10.1 Å². The fraction of sp³-hybridized carbons (Fsp3) is 0.222. The molecule has 0 aliphatic rings. The molecule has 0 bridgehead atoms. The van der Waals surface area contributed by atoms with Crippen LogP contribution in [0.3, 0.4) is 0 Å². The van der Waals surface area contributed by atoms with Gasteiger partial charge in [-0.3, -0.25) is 0 Å². The molecule has 0 spiro atoms. The van der Waals surface area contributed by atoms with E-state index in [1.165, 1.54) is 0 Å². The third-order valence-corrected chi connectivity index (χ3v) is 3.46. The first-order valence-corrected chi connectivity index (χ1v) is 8.06. The zero-order chi connectivity index (χ0) is 19.5. The Hall–Kier alpha value is -3.46. The van der Waals surface area contributed by atoms with Crippen molar-refractivity contribution < 1.29 is 24.3 Å². The molecule has 0 radical (unpaired) electrons. The first kappa shape index (κ1) is 19.9. The van der Waals surface area contributed by atoms with Crippen LogP contribution < -0.4 is 5.32 Å². The van der Waals surface area contributed by atoms with Gasteiger partial charge in [0.2, 0.25) is 0 Å². The number of carbonyl (C=O) groups is 2. The highest BCUT2D eigenvalue weighted by molar-refractivity contribution is 5.80. The molecule has 1 amide bonds. The van der Waals surface area contributed by atoms with Crippen LogP contribution in [0.25, 0.3) is 0 Å². The number of ether oxygens (including phenoxy) is 1. The molecule has 27 heavy (non-hydrogen) atoms. The molecule has 2 aromatic carbocycles. The zero-order valence-corrected chi connectivity index (χ0v) is 14.4. The molecule has 0 aliphatic heterocycles. The van der Waals surface area contributed by atoms with Crippen LogP contribution in [-0.4, -0.2) is 34.9 Å². The van der Waals surface area contributed by atoms with Crippen LogP contribution in [0.4, 0.5) is 4.79 Å². The van der Waals surface area contributed by atoms with E-state index in [0.717, 1.165) is 11.1 Å². The van der Waals surface area contributed by atoms with Crippen molar-refractivity contribution in [2.24, 2.45) is 5.29 Å². The number of rotatable bonds is 10. The summed E-state index contributed by atoms with van der Waals surface area (Å²) in [5.74, 6) is -1.36. The SMILES string of the molecule is O=NN(C[C@@H](NC(=O)OCc1ccccc1)C(=O)O)OCc1ccccc1. The summed E-state index contributed by atoms with van der Waals surface area (Å²) in [6.45, 7) is -0.470. The maximum absolute atomic E-state index is 11.8. The number of carboxylic acid groups (broad SMARTS) is 1. The number of hydrogen-bond acceptors (Lipinski definition) is 6. The smallest absolute Gasteiger partial charge is 0.408 e. The minimum atomic E-state index is -1.44. The number of carbonyl (C=O) groups excluding carboxylic acids is 1. The topological polar surface area (TPSA) is 118 Å². The monoisotopic (exact) mass is 373 g/mol. The van der Waals surface area contributed by atoms with Gasteiger partial charge in [0.05, 0.1) is 11.8 Å². The highest BCUT2D eigenvalue weighted by atomic mass is 16.7. The normalized spacial score (nSPS) is 11.3. The summed E-state index contributed by atoms with van der Waals surface area (Å²) in [6, 6.07) is 16.4. The highest BCUT2D eigenvalue weighted by Gasteiger charge is 2.25. The van der Waals surface area contributed by atoms with Crippen LogP contribution >= 0.6 is 0 Å². The maximum atomic E-state index is 11.8. The minimum Gasteiger partial charge on any atom is -0.480 e. The predicted octanol–water partition coefficient (Wildman–Crippen LogP) is 2.48. The number of nitrogens with zero attached hydrogens (tertiary/aromatic N) is 2. The van der Waals surface area contributed by atoms with Crippen LogP contribution in [0.5, 0.6) is 0 Å². The molecular formula is C18H19N3O6. The Morgan fingerprint density at radius 2 is 1.56 bits per heavy atom. The Balaban J connectivity index is 1.84. The first-order chi connectivity index (χ1) is 13.1. The zero-order valence-electron chi connectivity index (χ0n) is 14.4. The lowest BCUT2D eigenvalue weighted by Gasteiger charge is -2.20. The van der Waals surface area contributed by atoms with E-state index in [0.29, 0.717) is 5.17 Å². The first-order valence-electron chi connectivity index (χ1n) is 8.06. The summed E-state index contributed by atoms with van der Waals surface area (Å²) in [7, 11) is 0. The molecule has 142 valence electrons. The Kier molecular flexibility index (Phi) is 7.73. The molecule has 2 aromatic rings. The molecule has 0 fully saturated rings. The van der Waals surface area contributed by atoms with Crippen molar-refractivity contribution >= 4 is 12.1 Å². The van der Waals surface area contributed by atoms with Gasteiger partial charge >= 0.3 is 12.1 Å². The molecule has 0 heterocycles. The highest BCUT2D eigenvalue weighted by Crippen LogP contribution is 2.05. The number of benzene rings is 2. The van der Waals surface area contributed by atoms with E-state index in [1.54, 1.807) is 48.5 Å². The molecule has 0 aromatic heterocycles. The Morgan fingerprint density at radius 3 is 2.07 bits per heavy atom. The van der Waals surface area contributed by atoms with E-state index < -0.39 is 24.6 Å². The summed E-state index contributed by atoms with van der Waals surface area (Å²) in [5, 5.41) is 14.6. The van der Waals surface area contributed by atoms with Crippen LogP contribution in [0.15, 0.2) is 65.9 Å². The largest absolute Gasteiger partial charge is 0.480 e. The number of hydrogen-bond donors (Lipinski definition) is 2. The number of alkyl carbamates (subject to hydrolysis) is 1. The number of nitrogens with one attached hydrogen (secondary N) is 1. The Bertz CT molecular complexity index is 741. The quantitative estimate of drug-likeness (QED) is 0.485. The molecule has 2 rings (SSSR count). The van der Waals surface area contributed by atoms with Crippen molar-refractivity contribution in [3.05, 3.63) is 76.7 Å². The van der Waals surface area contributed by atoms with E-state index >= 15 is 0 Å². The van der Waals surface area contributed by atoms with Gasteiger partial charge in [0.25, 0.3) is 0 Å². The van der Waals surface area contributed by atoms with Gasteiger partial charge < -0.3 is 15.2 Å². The maximum Gasteiger partial charge on any atom is 0.408 e. The number of carboxylic acids is 1. The van der Waals surface area contributed by atoms with E-state index in [9.17, 15) is 19.6 Å². The second-order valence-corrected chi connectivity index (χ2v) is 5.47.